The summed E-state index contributed by atoms with van der Waals surface area (Å²) in [7, 11) is 0. The van der Waals surface area contributed by atoms with Crippen LogP contribution in [0, 0.1) is 0 Å². The van der Waals surface area contributed by atoms with Gasteiger partial charge in [-0.3, -0.25) is 0 Å². The van der Waals surface area contributed by atoms with Gasteiger partial charge in [0.1, 0.15) is 0 Å². The summed E-state index contributed by atoms with van der Waals surface area (Å²) in [4.78, 5) is 1.34. The first-order valence-electron chi connectivity index (χ1n) is 5.69. The van der Waals surface area contributed by atoms with Gasteiger partial charge in [0.2, 0.25) is 0 Å². The van der Waals surface area contributed by atoms with Crippen molar-refractivity contribution in [2.75, 3.05) is 24.8 Å². The predicted octanol–water partition coefficient (Wildman–Crippen LogP) is 3.64. The lowest BCUT2D eigenvalue weighted by Crippen LogP contribution is -2.14. The van der Waals surface area contributed by atoms with E-state index in [1.54, 1.807) is 11.8 Å². The maximum Gasteiger partial charge on any atom is 0.0205 e. The molecule has 0 fully saturated rings. The number of benzene rings is 1. The van der Waals surface area contributed by atoms with Crippen molar-refractivity contribution in [2.45, 2.75) is 24.3 Å². The summed E-state index contributed by atoms with van der Waals surface area (Å²) >= 11 is 3.72. The van der Waals surface area contributed by atoms with Crippen LogP contribution in [0.2, 0.25) is 0 Å². The summed E-state index contributed by atoms with van der Waals surface area (Å²) in [6, 6.07) is 8.80. The van der Waals surface area contributed by atoms with Gasteiger partial charge in [-0.15, -0.1) is 11.8 Å². The summed E-state index contributed by atoms with van der Waals surface area (Å²) in [5, 5.41) is 3.48. The summed E-state index contributed by atoms with van der Waals surface area (Å²) in [6.45, 7) is 2.12. The molecule has 0 spiro atoms. The molecule has 1 N–H and O–H groups in total. The Kier molecular flexibility index (Phi) is 7.81. The third-order valence-corrected chi connectivity index (χ3v) is 3.88. The molecule has 16 heavy (non-hydrogen) atoms. The van der Waals surface area contributed by atoms with E-state index in [9.17, 15) is 0 Å². The monoisotopic (exact) mass is 255 g/mol. The largest absolute Gasteiger partial charge is 0.313 e. The second kappa shape index (κ2) is 8.97. The van der Waals surface area contributed by atoms with Crippen molar-refractivity contribution in [1.82, 2.24) is 5.32 Å². The number of rotatable bonds is 8. The van der Waals surface area contributed by atoms with Crippen molar-refractivity contribution in [1.29, 1.82) is 0 Å². The van der Waals surface area contributed by atoms with Crippen LogP contribution in [0.1, 0.15) is 18.4 Å². The van der Waals surface area contributed by atoms with Crippen molar-refractivity contribution in [3.05, 3.63) is 29.8 Å². The normalized spacial score (nSPS) is 10.6. The minimum atomic E-state index is 0.994. The Hall–Kier alpha value is -0.120. The molecule has 0 radical (unpaired) electrons. The molecule has 0 aromatic heterocycles. The molecule has 0 atom stereocenters. The Labute approximate surface area is 108 Å². The number of hydrogen-bond acceptors (Lipinski definition) is 3. The van der Waals surface area contributed by atoms with E-state index in [0.717, 1.165) is 13.1 Å². The van der Waals surface area contributed by atoms with Gasteiger partial charge in [0.15, 0.2) is 0 Å². The van der Waals surface area contributed by atoms with Gasteiger partial charge in [-0.25, -0.2) is 0 Å². The molecule has 1 aromatic rings. The topological polar surface area (TPSA) is 12.0 Å². The molecule has 0 amide bonds. The van der Waals surface area contributed by atoms with Crippen LogP contribution in [0.4, 0.5) is 0 Å². The molecule has 1 nitrogen and oxygen atoms in total. The lowest BCUT2D eigenvalue weighted by Gasteiger charge is -2.05. The van der Waals surface area contributed by atoms with Gasteiger partial charge >= 0.3 is 0 Å². The van der Waals surface area contributed by atoms with Crippen molar-refractivity contribution in [3.63, 3.8) is 0 Å². The fraction of sp³-hybridized carbons (Fsp3) is 0.538. The van der Waals surface area contributed by atoms with Crippen molar-refractivity contribution in [3.8, 4) is 0 Å². The maximum absolute atomic E-state index is 3.48. The van der Waals surface area contributed by atoms with E-state index in [4.69, 9.17) is 0 Å². The molecule has 0 heterocycles. The molecule has 90 valence electrons. The highest BCUT2D eigenvalue weighted by atomic mass is 32.2. The zero-order chi connectivity index (χ0) is 11.6. The molecule has 0 aliphatic carbocycles. The molecule has 0 saturated heterocycles. The number of thioether (sulfide) groups is 2. The van der Waals surface area contributed by atoms with Gasteiger partial charge in [-0.05, 0) is 55.3 Å². The first-order valence-corrected chi connectivity index (χ1v) is 8.31. The summed E-state index contributed by atoms with van der Waals surface area (Å²) in [5.74, 6) is 1.28. The minimum absolute atomic E-state index is 0.994. The Morgan fingerprint density at radius 2 is 1.81 bits per heavy atom. The summed E-state index contributed by atoms with van der Waals surface area (Å²) < 4.78 is 0. The highest BCUT2D eigenvalue weighted by Crippen LogP contribution is 2.14. The Balaban J connectivity index is 2.12. The molecular formula is C13H21NS2. The van der Waals surface area contributed by atoms with Gasteiger partial charge in [0.25, 0.3) is 0 Å². The third-order valence-electron chi connectivity index (χ3n) is 2.44. The van der Waals surface area contributed by atoms with Crippen LogP contribution >= 0.6 is 23.5 Å². The van der Waals surface area contributed by atoms with Gasteiger partial charge in [-0.2, -0.15) is 11.8 Å². The van der Waals surface area contributed by atoms with Crippen molar-refractivity contribution in [2.24, 2.45) is 0 Å². The van der Waals surface area contributed by atoms with E-state index in [1.165, 1.54) is 29.1 Å². The standard InChI is InChI=1S/C13H21NS2/c1-15-10-4-3-9-14-11-12-5-7-13(16-2)8-6-12/h5-8,14H,3-4,9-11H2,1-2H3. The highest BCUT2D eigenvalue weighted by molar-refractivity contribution is 7.98. The number of hydrogen-bond donors (Lipinski definition) is 1. The average Bonchev–Trinajstić information content (AvgIpc) is 2.34. The van der Waals surface area contributed by atoms with Crippen LogP contribution in [0.5, 0.6) is 0 Å². The van der Waals surface area contributed by atoms with Crippen LogP contribution < -0.4 is 5.32 Å². The van der Waals surface area contributed by atoms with Crippen LogP contribution in [0.15, 0.2) is 29.2 Å². The first-order chi connectivity index (χ1) is 7.86. The average molecular weight is 255 g/mol. The highest BCUT2D eigenvalue weighted by Gasteiger charge is 1.93. The van der Waals surface area contributed by atoms with E-state index in [0.29, 0.717) is 0 Å². The second-order valence-electron chi connectivity index (χ2n) is 3.72. The van der Waals surface area contributed by atoms with Crippen molar-refractivity contribution >= 4 is 23.5 Å². The quantitative estimate of drug-likeness (QED) is 0.562. The lowest BCUT2D eigenvalue weighted by atomic mass is 10.2. The van der Waals surface area contributed by atoms with Crippen molar-refractivity contribution < 1.29 is 0 Å². The van der Waals surface area contributed by atoms with Gasteiger partial charge in [0, 0.05) is 11.4 Å². The summed E-state index contributed by atoms with van der Waals surface area (Å²) in [5.41, 5.74) is 1.38. The SMILES string of the molecule is CSCCCCNCc1ccc(SC)cc1. The summed E-state index contributed by atoms with van der Waals surface area (Å²) in [6.07, 6.45) is 6.88. The molecule has 3 heteroatoms. The van der Waals surface area contributed by atoms with E-state index in [1.807, 2.05) is 11.8 Å². The van der Waals surface area contributed by atoms with Gasteiger partial charge < -0.3 is 5.32 Å². The fourth-order valence-corrected chi connectivity index (χ4v) is 2.37. The van der Waals surface area contributed by atoms with Crippen LogP contribution in [0.25, 0.3) is 0 Å². The molecule has 0 aliphatic heterocycles. The second-order valence-corrected chi connectivity index (χ2v) is 5.59. The fourth-order valence-electron chi connectivity index (χ4n) is 1.47. The Morgan fingerprint density at radius 3 is 2.44 bits per heavy atom. The molecule has 1 rings (SSSR count). The Bertz CT molecular complexity index is 272. The molecular weight excluding hydrogens is 234 g/mol. The first kappa shape index (κ1) is 13.9. The van der Waals surface area contributed by atoms with Crippen LogP contribution in [-0.2, 0) is 6.54 Å². The molecule has 0 aliphatic rings. The van der Waals surface area contributed by atoms with Gasteiger partial charge in [0.05, 0.1) is 0 Å². The smallest absolute Gasteiger partial charge is 0.0205 e. The number of nitrogens with one attached hydrogen (secondary N) is 1. The Morgan fingerprint density at radius 1 is 1.06 bits per heavy atom. The number of unbranched alkanes of at least 4 members (excludes halogenated alkanes) is 1. The van der Waals surface area contributed by atoms with Crippen LogP contribution in [-0.4, -0.2) is 24.8 Å². The zero-order valence-corrected chi connectivity index (χ0v) is 11.8. The maximum atomic E-state index is 3.48. The van der Waals surface area contributed by atoms with E-state index >= 15 is 0 Å². The van der Waals surface area contributed by atoms with Crippen LogP contribution in [0.3, 0.4) is 0 Å². The van der Waals surface area contributed by atoms with Gasteiger partial charge in [-0.1, -0.05) is 12.1 Å². The van der Waals surface area contributed by atoms with E-state index in [2.05, 4.69) is 42.1 Å². The predicted molar refractivity (Wildman–Crippen MR) is 77.5 cm³/mol. The molecule has 0 saturated carbocycles. The third kappa shape index (κ3) is 5.83. The van der Waals surface area contributed by atoms with E-state index in [-0.39, 0.29) is 0 Å². The minimum Gasteiger partial charge on any atom is -0.313 e. The molecule has 1 aromatic carbocycles. The lowest BCUT2D eigenvalue weighted by molar-refractivity contribution is 0.644. The molecule has 0 bridgehead atoms. The molecule has 0 unspecified atom stereocenters. The zero-order valence-electron chi connectivity index (χ0n) is 10.2. The van der Waals surface area contributed by atoms with E-state index < -0.39 is 0 Å².